The van der Waals surface area contributed by atoms with Gasteiger partial charge in [0.2, 0.25) is 0 Å². The first-order chi connectivity index (χ1) is 12.9. The highest BCUT2D eigenvalue weighted by molar-refractivity contribution is 7.13. The first kappa shape index (κ1) is 17.7. The van der Waals surface area contributed by atoms with Crippen molar-refractivity contribution in [3.63, 3.8) is 0 Å². The maximum Gasteiger partial charge on any atom is 0.141 e. The molecule has 7 nitrogen and oxygen atoms in total. The standard InChI is InChI=1S/C19H21N5O2S/c1-19(25)3-5-24(11-19)17-10-13(26-2)9-15(23-17)14-7-12(20)8-16(22-14)18-21-4-6-27-18/h4,6-10,25H,3,5,11H2,1-2H3,(H2,20,22). The largest absolute Gasteiger partial charge is 0.497 e. The van der Waals surface area contributed by atoms with E-state index in [4.69, 9.17) is 20.4 Å². The second-order valence-electron chi connectivity index (χ2n) is 6.93. The van der Waals surface area contributed by atoms with Crippen molar-refractivity contribution >= 4 is 22.8 Å². The molecule has 140 valence electrons. The molecule has 0 saturated carbocycles. The number of anilines is 2. The van der Waals surface area contributed by atoms with Crippen LogP contribution in [0.15, 0.2) is 35.8 Å². The zero-order valence-electron chi connectivity index (χ0n) is 15.2. The Balaban J connectivity index is 1.77. The Morgan fingerprint density at radius 2 is 1.96 bits per heavy atom. The van der Waals surface area contributed by atoms with Crippen LogP contribution >= 0.6 is 11.3 Å². The lowest BCUT2D eigenvalue weighted by Gasteiger charge is -2.21. The van der Waals surface area contributed by atoms with Crippen LogP contribution in [0.1, 0.15) is 13.3 Å². The number of aromatic nitrogens is 3. The fraction of sp³-hybridized carbons (Fsp3) is 0.316. The summed E-state index contributed by atoms with van der Waals surface area (Å²) in [4.78, 5) is 15.8. The molecule has 3 N–H and O–H groups in total. The van der Waals surface area contributed by atoms with Crippen molar-refractivity contribution in [2.45, 2.75) is 18.9 Å². The van der Waals surface area contributed by atoms with E-state index in [0.29, 0.717) is 35.8 Å². The van der Waals surface area contributed by atoms with Crippen LogP contribution < -0.4 is 15.4 Å². The maximum absolute atomic E-state index is 10.3. The van der Waals surface area contributed by atoms with Crippen molar-refractivity contribution < 1.29 is 9.84 Å². The fourth-order valence-electron chi connectivity index (χ4n) is 3.19. The number of β-amino-alcohol motifs (C(OH)–C–C–N with tert-alkyl or cyclic N) is 1. The van der Waals surface area contributed by atoms with E-state index in [0.717, 1.165) is 23.1 Å². The molecule has 1 aliphatic heterocycles. The number of hydrogen-bond donors (Lipinski definition) is 2. The SMILES string of the molecule is COc1cc(-c2cc(N)cc(-c3nccs3)n2)nc(N2CCC(C)(O)C2)c1. The molecular formula is C19H21N5O2S. The Morgan fingerprint density at radius 1 is 1.19 bits per heavy atom. The summed E-state index contributed by atoms with van der Waals surface area (Å²) in [6, 6.07) is 7.31. The number of aliphatic hydroxyl groups is 1. The average molecular weight is 383 g/mol. The summed E-state index contributed by atoms with van der Waals surface area (Å²) < 4.78 is 5.46. The zero-order valence-corrected chi connectivity index (χ0v) is 16.0. The summed E-state index contributed by atoms with van der Waals surface area (Å²) in [5.74, 6) is 1.43. The molecule has 0 aromatic carbocycles. The van der Waals surface area contributed by atoms with E-state index >= 15 is 0 Å². The molecular weight excluding hydrogens is 362 g/mol. The molecule has 27 heavy (non-hydrogen) atoms. The molecule has 1 saturated heterocycles. The average Bonchev–Trinajstić information content (AvgIpc) is 3.30. The van der Waals surface area contributed by atoms with E-state index in [1.165, 1.54) is 11.3 Å². The first-order valence-corrected chi connectivity index (χ1v) is 9.53. The minimum atomic E-state index is -0.710. The molecule has 0 spiro atoms. The number of methoxy groups -OCH3 is 1. The zero-order chi connectivity index (χ0) is 19.0. The minimum absolute atomic E-state index is 0.529. The molecule has 1 unspecified atom stereocenters. The van der Waals surface area contributed by atoms with Crippen molar-refractivity contribution in [3.8, 4) is 27.8 Å². The lowest BCUT2D eigenvalue weighted by Crippen LogP contribution is -2.30. The molecule has 0 aliphatic carbocycles. The summed E-state index contributed by atoms with van der Waals surface area (Å²) in [5, 5.41) is 13.0. The van der Waals surface area contributed by atoms with Crippen LogP contribution in [-0.4, -0.2) is 45.9 Å². The Labute approximate surface area is 161 Å². The van der Waals surface area contributed by atoms with Gasteiger partial charge in [-0.3, -0.25) is 0 Å². The highest BCUT2D eigenvalue weighted by Gasteiger charge is 2.32. The van der Waals surface area contributed by atoms with Crippen molar-refractivity contribution in [1.29, 1.82) is 0 Å². The summed E-state index contributed by atoms with van der Waals surface area (Å²) in [6.45, 7) is 3.11. The van der Waals surface area contributed by atoms with Gasteiger partial charge in [0.05, 0.1) is 24.1 Å². The topological polar surface area (TPSA) is 97.4 Å². The number of hydrogen-bond acceptors (Lipinski definition) is 8. The molecule has 0 bridgehead atoms. The third-order valence-electron chi connectivity index (χ3n) is 4.56. The molecule has 3 aromatic rings. The molecule has 4 heterocycles. The smallest absolute Gasteiger partial charge is 0.141 e. The summed E-state index contributed by atoms with van der Waals surface area (Å²) >= 11 is 1.51. The normalized spacial score (nSPS) is 19.4. The number of thiazole rings is 1. The highest BCUT2D eigenvalue weighted by Crippen LogP contribution is 2.32. The number of rotatable bonds is 4. The van der Waals surface area contributed by atoms with E-state index in [1.54, 1.807) is 25.4 Å². The number of ether oxygens (including phenoxy) is 1. The number of nitrogens with zero attached hydrogens (tertiary/aromatic N) is 4. The molecule has 1 atom stereocenters. The van der Waals surface area contributed by atoms with E-state index in [1.807, 2.05) is 24.4 Å². The predicted molar refractivity (Wildman–Crippen MR) is 107 cm³/mol. The van der Waals surface area contributed by atoms with Gasteiger partial charge in [-0.1, -0.05) is 0 Å². The molecule has 1 fully saturated rings. The van der Waals surface area contributed by atoms with E-state index < -0.39 is 5.60 Å². The van der Waals surface area contributed by atoms with Gasteiger partial charge < -0.3 is 20.5 Å². The van der Waals surface area contributed by atoms with Crippen LogP contribution in [-0.2, 0) is 0 Å². The lowest BCUT2D eigenvalue weighted by molar-refractivity contribution is 0.0839. The first-order valence-electron chi connectivity index (χ1n) is 8.65. The lowest BCUT2D eigenvalue weighted by atomic mass is 10.1. The van der Waals surface area contributed by atoms with E-state index in [2.05, 4.69) is 9.88 Å². The van der Waals surface area contributed by atoms with Crippen LogP contribution in [0, 0.1) is 0 Å². The van der Waals surface area contributed by atoms with Gasteiger partial charge in [-0.2, -0.15) is 0 Å². The third-order valence-corrected chi connectivity index (χ3v) is 5.35. The van der Waals surface area contributed by atoms with Gasteiger partial charge in [0.1, 0.15) is 22.3 Å². The van der Waals surface area contributed by atoms with Gasteiger partial charge in [0.15, 0.2) is 0 Å². The summed E-state index contributed by atoms with van der Waals surface area (Å²) in [7, 11) is 1.62. The summed E-state index contributed by atoms with van der Waals surface area (Å²) in [5.41, 5.74) is 8.04. The van der Waals surface area contributed by atoms with Crippen LogP contribution in [0.4, 0.5) is 11.5 Å². The van der Waals surface area contributed by atoms with Crippen LogP contribution in [0.25, 0.3) is 22.1 Å². The minimum Gasteiger partial charge on any atom is -0.497 e. The monoisotopic (exact) mass is 383 g/mol. The molecule has 3 aromatic heterocycles. The predicted octanol–water partition coefficient (Wildman–Crippen LogP) is 2.82. The molecule has 8 heteroatoms. The quantitative estimate of drug-likeness (QED) is 0.715. The van der Waals surface area contributed by atoms with Crippen LogP contribution in [0.3, 0.4) is 0 Å². The second kappa shape index (κ2) is 6.79. The second-order valence-corrected chi connectivity index (χ2v) is 7.82. The van der Waals surface area contributed by atoms with E-state index in [9.17, 15) is 5.11 Å². The van der Waals surface area contributed by atoms with E-state index in [-0.39, 0.29) is 0 Å². The maximum atomic E-state index is 10.3. The van der Waals surface area contributed by atoms with Gasteiger partial charge in [0.25, 0.3) is 0 Å². The van der Waals surface area contributed by atoms with Crippen LogP contribution in [0.2, 0.25) is 0 Å². The van der Waals surface area contributed by atoms with Gasteiger partial charge in [0, 0.05) is 42.5 Å². The Hall–Kier alpha value is -2.71. The summed E-state index contributed by atoms with van der Waals surface area (Å²) in [6.07, 6.45) is 2.44. The molecule has 4 rings (SSSR count). The molecule has 1 aliphatic rings. The third kappa shape index (κ3) is 3.72. The van der Waals surface area contributed by atoms with Crippen molar-refractivity contribution in [3.05, 3.63) is 35.8 Å². The van der Waals surface area contributed by atoms with Gasteiger partial charge in [-0.15, -0.1) is 11.3 Å². The van der Waals surface area contributed by atoms with Gasteiger partial charge in [-0.05, 0) is 25.5 Å². The Bertz CT molecular complexity index is 959. The van der Waals surface area contributed by atoms with Gasteiger partial charge in [-0.25, -0.2) is 15.0 Å². The highest BCUT2D eigenvalue weighted by atomic mass is 32.1. The number of nitrogen functional groups attached to an aromatic ring is 1. The number of nitrogens with two attached hydrogens (primary N) is 1. The molecule has 0 radical (unpaired) electrons. The molecule has 0 amide bonds. The van der Waals surface area contributed by atoms with Crippen LogP contribution in [0.5, 0.6) is 5.75 Å². The van der Waals surface area contributed by atoms with Crippen molar-refractivity contribution in [2.24, 2.45) is 0 Å². The number of pyridine rings is 2. The van der Waals surface area contributed by atoms with Gasteiger partial charge >= 0.3 is 0 Å². The Kier molecular flexibility index (Phi) is 4.45. The fourth-order valence-corrected chi connectivity index (χ4v) is 3.78. The van der Waals surface area contributed by atoms with Crippen molar-refractivity contribution in [2.75, 3.05) is 30.8 Å². The Morgan fingerprint density at radius 3 is 2.63 bits per heavy atom. The van der Waals surface area contributed by atoms with Crippen molar-refractivity contribution in [1.82, 2.24) is 15.0 Å².